The second-order valence-corrected chi connectivity index (χ2v) is 6.84. The summed E-state index contributed by atoms with van der Waals surface area (Å²) in [4.78, 5) is 11.2. The van der Waals surface area contributed by atoms with Crippen LogP contribution in [0.5, 0.6) is 0 Å². The maximum Gasteiger partial charge on any atom is 0.309 e. The van der Waals surface area contributed by atoms with E-state index in [9.17, 15) is 9.18 Å². The van der Waals surface area contributed by atoms with E-state index >= 15 is 0 Å². The number of benzene rings is 1. The number of hydrogen-bond acceptors (Lipinski definition) is 2. The van der Waals surface area contributed by atoms with E-state index < -0.39 is 10.5 Å². The number of alkyl halides is 1. The highest BCUT2D eigenvalue weighted by Gasteiger charge is 2.48. The van der Waals surface area contributed by atoms with Gasteiger partial charge in [0.05, 0.1) is 10.8 Å². The van der Waals surface area contributed by atoms with E-state index in [0.29, 0.717) is 12.8 Å². The molecule has 0 radical (unpaired) electrons. The molecule has 0 N–H and O–H groups in total. The second kappa shape index (κ2) is 4.78. The van der Waals surface area contributed by atoms with Crippen molar-refractivity contribution in [3.8, 4) is 0 Å². The Morgan fingerprint density at radius 1 is 1.42 bits per heavy atom. The fraction of sp³-hybridized carbons (Fsp3) is 0.533. The molecule has 1 aromatic carbocycles. The van der Waals surface area contributed by atoms with Crippen LogP contribution in [0.15, 0.2) is 24.3 Å². The summed E-state index contributed by atoms with van der Waals surface area (Å²) >= 11 is 6.44. The molecule has 19 heavy (non-hydrogen) atoms. The third-order valence-corrected chi connectivity index (χ3v) is 3.75. The predicted octanol–water partition coefficient (Wildman–Crippen LogP) is 4.01. The molecule has 104 valence electrons. The lowest BCUT2D eigenvalue weighted by molar-refractivity contribution is -0.164. The van der Waals surface area contributed by atoms with Gasteiger partial charge in [0.1, 0.15) is 11.4 Å². The van der Waals surface area contributed by atoms with Gasteiger partial charge in [-0.05, 0) is 51.3 Å². The van der Waals surface area contributed by atoms with Gasteiger partial charge in [-0.1, -0.05) is 12.1 Å². The zero-order chi connectivity index (χ0) is 14.3. The van der Waals surface area contributed by atoms with Crippen LogP contribution in [0.3, 0.4) is 0 Å². The third-order valence-electron chi connectivity index (χ3n) is 3.22. The van der Waals surface area contributed by atoms with Crippen LogP contribution in [0, 0.1) is 11.7 Å². The Morgan fingerprint density at radius 2 is 2.05 bits per heavy atom. The third kappa shape index (κ3) is 3.27. The molecule has 2 nitrogen and oxygen atoms in total. The summed E-state index contributed by atoms with van der Waals surface area (Å²) in [7, 11) is 0. The zero-order valence-electron chi connectivity index (χ0n) is 11.4. The van der Waals surface area contributed by atoms with Gasteiger partial charge in [0.2, 0.25) is 0 Å². The lowest BCUT2D eigenvalue weighted by Gasteiger charge is -2.42. The first kappa shape index (κ1) is 14.3. The van der Waals surface area contributed by atoms with E-state index in [2.05, 4.69) is 0 Å². The van der Waals surface area contributed by atoms with E-state index in [0.717, 1.165) is 5.56 Å². The normalized spacial score (nSPS) is 26.7. The molecule has 0 aliphatic heterocycles. The van der Waals surface area contributed by atoms with Crippen molar-refractivity contribution in [2.45, 2.75) is 44.1 Å². The summed E-state index contributed by atoms with van der Waals surface area (Å²) in [5.41, 5.74) is 0.245. The van der Waals surface area contributed by atoms with Crippen molar-refractivity contribution in [1.82, 2.24) is 0 Å². The van der Waals surface area contributed by atoms with Crippen molar-refractivity contribution in [2.75, 3.05) is 0 Å². The van der Waals surface area contributed by atoms with Gasteiger partial charge in [0.15, 0.2) is 0 Å². The molecule has 0 unspecified atom stereocenters. The number of halogens is 2. The van der Waals surface area contributed by atoms with Crippen molar-refractivity contribution in [1.29, 1.82) is 0 Å². The van der Waals surface area contributed by atoms with Gasteiger partial charge in [0, 0.05) is 0 Å². The molecular weight excluding hydrogens is 267 g/mol. The molecule has 1 aliphatic rings. The molecule has 0 amide bonds. The van der Waals surface area contributed by atoms with Gasteiger partial charge in [0.25, 0.3) is 0 Å². The number of ether oxygens (including phenoxy) is 1. The average Bonchev–Trinajstić information content (AvgIpc) is 2.22. The van der Waals surface area contributed by atoms with Gasteiger partial charge in [-0.25, -0.2) is 4.39 Å². The van der Waals surface area contributed by atoms with Crippen molar-refractivity contribution in [2.24, 2.45) is 5.92 Å². The standard InChI is InChI=1S/C15H18ClFO2/c1-14(2,3)19-13(18)10-8-15(16,9-10)11-5-4-6-12(17)7-11/h4-7,10H,8-9H2,1-3H3. The number of carbonyl (C=O) groups excluding carboxylic acids is 1. The predicted molar refractivity (Wildman–Crippen MR) is 72.5 cm³/mol. The Morgan fingerprint density at radius 3 is 2.58 bits per heavy atom. The van der Waals surface area contributed by atoms with E-state index in [-0.39, 0.29) is 17.7 Å². The molecule has 1 saturated carbocycles. The SMILES string of the molecule is CC(C)(C)OC(=O)C1CC(Cl)(c2cccc(F)c2)C1. The lowest BCUT2D eigenvalue weighted by Crippen LogP contribution is -2.43. The summed E-state index contributed by atoms with van der Waals surface area (Å²) in [5.74, 6) is -0.724. The van der Waals surface area contributed by atoms with Crippen LogP contribution >= 0.6 is 11.6 Å². The van der Waals surface area contributed by atoms with Gasteiger partial charge >= 0.3 is 5.97 Å². The summed E-state index contributed by atoms with van der Waals surface area (Å²) in [6.07, 6.45) is 0.986. The van der Waals surface area contributed by atoms with Crippen molar-refractivity contribution in [3.63, 3.8) is 0 Å². The number of rotatable bonds is 2. The van der Waals surface area contributed by atoms with E-state index in [1.54, 1.807) is 12.1 Å². The minimum Gasteiger partial charge on any atom is -0.460 e. The molecular formula is C15H18ClFO2. The molecule has 1 aromatic rings. The van der Waals surface area contributed by atoms with E-state index in [1.165, 1.54) is 12.1 Å². The van der Waals surface area contributed by atoms with Crippen LogP contribution in [0.25, 0.3) is 0 Å². The van der Waals surface area contributed by atoms with Gasteiger partial charge in [-0.15, -0.1) is 11.6 Å². The van der Waals surface area contributed by atoms with Crippen molar-refractivity contribution >= 4 is 17.6 Å². The minimum absolute atomic E-state index is 0.194. The number of esters is 1. The van der Waals surface area contributed by atoms with Gasteiger partial charge in [-0.2, -0.15) is 0 Å². The Bertz CT molecular complexity index is 487. The molecule has 1 aliphatic carbocycles. The molecule has 0 bridgehead atoms. The first-order valence-electron chi connectivity index (χ1n) is 6.37. The van der Waals surface area contributed by atoms with E-state index in [4.69, 9.17) is 16.3 Å². The zero-order valence-corrected chi connectivity index (χ0v) is 12.1. The fourth-order valence-corrected chi connectivity index (χ4v) is 2.77. The van der Waals surface area contributed by atoms with Crippen LogP contribution in [-0.4, -0.2) is 11.6 Å². The summed E-state index contributed by atoms with van der Waals surface area (Å²) in [6.45, 7) is 5.51. The van der Waals surface area contributed by atoms with E-state index in [1.807, 2.05) is 20.8 Å². The van der Waals surface area contributed by atoms with Gasteiger partial charge in [-0.3, -0.25) is 4.79 Å². The fourth-order valence-electron chi connectivity index (χ4n) is 2.28. The van der Waals surface area contributed by atoms with Crippen molar-refractivity contribution in [3.05, 3.63) is 35.6 Å². The topological polar surface area (TPSA) is 26.3 Å². The maximum atomic E-state index is 13.2. The molecule has 0 saturated heterocycles. The summed E-state index contributed by atoms with van der Waals surface area (Å²) < 4.78 is 18.5. The highest BCUT2D eigenvalue weighted by molar-refractivity contribution is 6.25. The van der Waals surface area contributed by atoms with Crippen LogP contribution in [0.2, 0.25) is 0 Å². The van der Waals surface area contributed by atoms with Crippen molar-refractivity contribution < 1.29 is 13.9 Å². The molecule has 1 fully saturated rings. The van der Waals surface area contributed by atoms with Crippen LogP contribution in [0.1, 0.15) is 39.2 Å². The highest BCUT2D eigenvalue weighted by Crippen LogP contribution is 2.51. The largest absolute Gasteiger partial charge is 0.460 e. The second-order valence-electron chi connectivity index (χ2n) is 6.11. The monoisotopic (exact) mass is 284 g/mol. The Hall–Kier alpha value is -1.09. The quantitative estimate of drug-likeness (QED) is 0.606. The van der Waals surface area contributed by atoms with Crippen LogP contribution in [-0.2, 0) is 14.4 Å². The molecule has 0 aromatic heterocycles. The molecule has 0 spiro atoms. The average molecular weight is 285 g/mol. The Kier molecular flexibility index (Phi) is 3.61. The molecule has 0 atom stereocenters. The first-order chi connectivity index (χ1) is 8.70. The van der Waals surface area contributed by atoms with Gasteiger partial charge < -0.3 is 4.74 Å². The van der Waals surface area contributed by atoms with Crippen LogP contribution < -0.4 is 0 Å². The molecule has 2 rings (SSSR count). The Labute approximate surface area is 117 Å². The molecule has 4 heteroatoms. The maximum absolute atomic E-state index is 13.2. The lowest BCUT2D eigenvalue weighted by atomic mass is 9.70. The highest BCUT2D eigenvalue weighted by atomic mass is 35.5. The smallest absolute Gasteiger partial charge is 0.309 e. The number of hydrogen-bond donors (Lipinski definition) is 0. The van der Waals surface area contributed by atoms with Crippen LogP contribution in [0.4, 0.5) is 4.39 Å². The molecule has 0 heterocycles. The number of carbonyl (C=O) groups is 1. The summed E-state index contributed by atoms with van der Waals surface area (Å²) in [5, 5.41) is 0. The Balaban J connectivity index is 2.00. The minimum atomic E-state index is -0.635. The summed E-state index contributed by atoms with van der Waals surface area (Å²) in [6, 6.07) is 6.24. The first-order valence-corrected chi connectivity index (χ1v) is 6.75.